The van der Waals surface area contributed by atoms with Gasteiger partial charge in [0.15, 0.2) is 0 Å². The van der Waals surface area contributed by atoms with Crippen LogP contribution in [0.1, 0.15) is 51.2 Å². The lowest BCUT2D eigenvalue weighted by Crippen LogP contribution is -2.41. The largest absolute Gasteiger partial charge is 0.381 e. The minimum atomic E-state index is 0.387. The average Bonchev–Trinajstić information content (AvgIpc) is 2.92. The molecule has 0 spiro atoms. The van der Waals surface area contributed by atoms with Gasteiger partial charge in [-0.15, -0.1) is 0 Å². The molecule has 0 N–H and O–H groups in total. The normalized spacial score (nSPS) is 23.9. The Morgan fingerprint density at radius 1 is 1.32 bits per heavy atom. The highest BCUT2D eigenvalue weighted by molar-refractivity contribution is 5.10. The molecule has 0 bridgehead atoms. The van der Waals surface area contributed by atoms with E-state index in [-0.39, 0.29) is 0 Å². The van der Waals surface area contributed by atoms with E-state index in [2.05, 4.69) is 35.2 Å². The third-order valence-corrected chi connectivity index (χ3v) is 5.03. The first-order valence-corrected chi connectivity index (χ1v) is 8.62. The van der Waals surface area contributed by atoms with Gasteiger partial charge in [0.05, 0.1) is 31.1 Å². The number of aromatic nitrogens is 2. The van der Waals surface area contributed by atoms with E-state index in [1.54, 1.807) is 0 Å². The minimum Gasteiger partial charge on any atom is -0.381 e. The minimum absolute atomic E-state index is 0.387. The fourth-order valence-electron chi connectivity index (χ4n) is 3.64. The molecule has 0 saturated carbocycles. The molecule has 2 aliphatic heterocycles. The van der Waals surface area contributed by atoms with Gasteiger partial charge in [0.2, 0.25) is 0 Å². The summed E-state index contributed by atoms with van der Waals surface area (Å²) in [7, 11) is 0. The molecule has 1 fully saturated rings. The molecule has 5 nitrogen and oxygen atoms in total. The van der Waals surface area contributed by atoms with Gasteiger partial charge in [-0.2, -0.15) is 0 Å². The molecular formula is C17H29N3O2. The highest BCUT2D eigenvalue weighted by Gasteiger charge is 2.28. The van der Waals surface area contributed by atoms with Gasteiger partial charge in [-0.1, -0.05) is 0 Å². The zero-order valence-electron chi connectivity index (χ0n) is 14.1. The molecule has 5 heteroatoms. The fraction of sp³-hybridized carbons (Fsp3) is 0.824. The number of nitrogens with zero attached hydrogens (tertiary/aromatic N) is 3. The summed E-state index contributed by atoms with van der Waals surface area (Å²) in [4.78, 5) is 7.17. The van der Waals surface area contributed by atoms with Gasteiger partial charge in [-0.3, -0.25) is 4.90 Å². The van der Waals surface area contributed by atoms with Crippen LogP contribution in [0.3, 0.4) is 0 Å². The first kappa shape index (κ1) is 16.0. The quantitative estimate of drug-likeness (QED) is 0.838. The highest BCUT2D eigenvalue weighted by Crippen LogP contribution is 2.27. The zero-order valence-corrected chi connectivity index (χ0v) is 14.1. The number of hydrogen-bond acceptors (Lipinski definition) is 4. The van der Waals surface area contributed by atoms with Crippen molar-refractivity contribution < 1.29 is 9.47 Å². The third-order valence-electron chi connectivity index (χ3n) is 5.03. The van der Waals surface area contributed by atoms with Gasteiger partial charge >= 0.3 is 0 Å². The molecular weight excluding hydrogens is 278 g/mol. The molecule has 22 heavy (non-hydrogen) atoms. The first-order valence-electron chi connectivity index (χ1n) is 8.62. The van der Waals surface area contributed by atoms with Crippen molar-refractivity contribution in [2.75, 3.05) is 26.4 Å². The van der Waals surface area contributed by atoms with Gasteiger partial charge in [0.1, 0.15) is 5.82 Å². The molecule has 0 unspecified atom stereocenters. The molecule has 1 aromatic heterocycles. The Morgan fingerprint density at radius 3 is 2.82 bits per heavy atom. The Morgan fingerprint density at radius 2 is 2.09 bits per heavy atom. The molecule has 1 saturated heterocycles. The van der Waals surface area contributed by atoms with Crippen LogP contribution in [0.2, 0.25) is 0 Å². The van der Waals surface area contributed by atoms with Crippen LogP contribution >= 0.6 is 0 Å². The number of hydrogen-bond donors (Lipinski definition) is 0. The molecule has 0 amide bonds. The molecule has 3 rings (SSSR count). The van der Waals surface area contributed by atoms with Crippen molar-refractivity contribution in [3.63, 3.8) is 0 Å². The van der Waals surface area contributed by atoms with Crippen molar-refractivity contribution in [2.45, 2.75) is 58.8 Å². The standard InChI is InChI=1S/C17H29N3O2/c1-13(2)19-6-7-20-16(10-18-17(20)14(19)3)12-22-11-15-4-8-21-9-5-15/h10,13-15H,4-9,11-12H2,1-3H3/t14-/m0/s1. The van der Waals surface area contributed by atoms with Crippen LogP contribution in [0.5, 0.6) is 0 Å². The first-order chi connectivity index (χ1) is 10.7. The lowest BCUT2D eigenvalue weighted by Gasteiger charge is -2.37. The van der Waals surface area contributed by atoms with Gasteiger partial charge in [-0.05, 0) is 39.5 Å². The number of ether oxygens (including phenoxy) is 2. The maximum absolute atomic E-state index is 5.96. The zero-order chi connectivity index (χ0) is 15.5. The van der Waals surface area contributed by atoms with E-state index in [4.69, 9.17) is 9.47 Å². The Labute approximate surface area is 133 Å². The Kier molecular flexibility index (Phi) is 5.16. The summed E-state index contributed by atoms with van der Waals surface area (Å²) in [6.07, 6.45) is 4.26. The Hall–Kier alpha value is -0.910. The van der Waals surface area contributed by atoms with E-state index in [1.165, 1.54) is 11.5 Å². The topological polar surface area (TPSA) is 39.5 Å². The van der Waals surface area contributed by atoms with Crippen molar-refractivity contribution in [3.05, 3.63) is 17.7 Å². The summed E-state index contributed by atoms with van der Waals surface area (Å²) in [5, 5.41) is 0. The van der Waals surface area contributed by atoms with E-state index >= 15 is 0 Å². The molecule has 0 aliphatic carbocycles. The maximum atomic E-state index is 5.96. The van der Waals surface area contributed by atoms with E-state index in [9.17, 15) is 0 Å². The lowest BCUT2D eigenvalue weighted by molar-refractivity contribution is 0.0138. The van der Waals surface area contributed by atoms with Crippen LogP contribution in [-0.4, -0.2) is 46.9 Å². The maximum Gasteiger partial charge on any atom is 0.126 e. The predicted octanol–water partition coefficient (Wildman–Crippen LogP) is 2.61. The number of rotatable bonds is 5. The van der Waals surface area contributed by atoms with Gasteiger partial charge in [0, 0.05) is 32.3 Å². The van der Waals surface area contributed by atoms with E-state index in [0.717, 1.165) is 45.8 Å². The Bertz CT molecular complexity index is 480. The summed E-state index contributed by atoms with van der Waals surface area (Å²) in [5.74, 6) is 1.84. The second-order valence-electron chi connectivity index (χ2n) is 6.84. The van der Waals surface area contributed by atoms with Crippen LogP contribution in [0.4, 0.5) is 0 Å². The van der Waals surface area contributed by atoms with Crippen molar-refractivity contribution in [3.8, 4) is 0 Å². The van der Waals surface area contributed by atoms with Crippen LogP contribution in [0.15, 0.2) is 6.20 Å². The smallest absolute Gasteiger partial charge is 0.126 e. The fourth-order valence-corrected chi connectivity index (χ4v) is 3.64. The van der Waals surface area contributed by atoms with Crippen LogP contribution < -0.4 is 0 Å². The third kappa shape index (κ3) is 3.36. The van der Waals surface area contributed by atoms with Crippen molar-refractivity contribution in [1.29, 1.82) is 0 Å². The molecule has 1 atom stereocenters. The molecule has 124 valence electrons. The summed E-state index contributed by atoms with van der Waals surface area (Å²) in [6.45, 7) is 12.2. The summed E-state index contributed by atoms with van der Waals surface area (Å²) < 4.78 is 13.7. The van der Waals surface area contributed by atoms with E-state index in [1.807, 2.05) is 6.20 Å². The summed E-state index contributed by atoms with van der Waals surface area (Å²) >= 11 is 0. The molecule has 3 heterocycles. The average molecular weight is 307 g/mol. The lowest BCUT2D eigenvalue weighted by atomic mass is 10.0. The second kappa shape index (κ2) is 7.11. The summed E-state index contributed by atoms with van der Waals surface area (Å²) in [6, 6.07) is 0.951. The molecule has 1 aromatic rings. The van der Waals surface area contributed by atoms with Crippen molar-refractivity contribution in [2.24, 2.45) is 5.92 Å². The predicted molar refractivity (Wildman–Crippen MR) is 85.7 cm³/mol. The van der Waals surface area contributed by atoms with Crippen LogP contribution in [-0.2, 0) is 22.6 Å². The monoisotopic (exact) mass is 307 g/mol. The molecule has 0 aromatic carbocycles. The van der Waals surface area contributed by atoms with E-state index in [0.29, 0.717) is 24.6 Å². The molecule has 0 radical (unpaired) electrons. The number of fused-ring (bicyclic) bond motifs is 1. The summed E-state index contributed by atoms with van der Waals surface area (Å²) in [5.41, 5.74) is 1.22. The van der Waals surface area contributed by atoms with E-state index < -0.39 is 0 Å². The molecule has 2 aliphatic rings. The van der Waals surface area contributed by atoms with Gasteiger partial charge < -0.3 is 14.0 Å². The van der Waals surface area contributed by atoms with Crippen LogP contribution in [0.25, 0.3) is 0 Å². The highest BCUT2D eigenvalue weighted by atomic mass is 16.5. The van der Waals surface area contributed by atoms with Crippen LogP contribution in [0, 0.1) is 5.92 Å². The second-order valence-corrected chi connectivity index (χ2v) is 6.84. The van der Waals surface area contributed by atoms with Crippen molar-refractivity contribution in [1.82, 2.24) is 14.5 Å². The van der Waals surface area contributed by atoms with Gasteiger partial charge in [0.25, 0.3) is 0 Å². The van der Waals surface area contributed by atoms with Gasteiger partial charge in [-0.25, -0.2) is 4.98 Å². The Balaban J connectivity index is 1.56. The number of imidazole rings is 1. The van der Waals surface area contributed by atoms with Crippen molar-refractivity contribution >= 4 is 0 Å². The SMILES string of the molecule is CC(C)N1CCn2c(COCC3CCOCC3)cnc2[C@@H]1C.